The first-order valence-corrected chi connectivity index (χ1v) is 6.13. The quantitative estimate of drug-likeness (QED) is 0.608. The molecule has 0 bridgehead atoms. The zero-order valence-electron chi connectivity index (χ0n) is 9.53. The van der Waals surface area contributed by atoms with E-state index in [0.29, 0.717) is 12.0 Å². The summed E-state index contributed by atoms with van der Waals surface area (Å²) in [6.45, 7) is 6.17. The lowest BCUT2D eigenvalue weighted by molar-refractivity contribution is 0.694. The molecular weight excluding hydrogens is 206 g/mol. The Bertz CT molecular complexity index is 304. The molecule has 0 saturated heterocycles. The van der Waals surface area contributed by atoms with Gasteiger partial charge in [-0.15, -0.1) is 0 Å². The van der Waals surface area contributed by atoms with E-state index in [1.807, 2.05) is 13.8 Å². The zero-order valence-corrected chi connectivity index (χ0v) is 10.3. The molecule has 0 aromatic carbocycles. The van der Waals surface area contributed by atoms with Gasteiger partial charge in [0.2, 0.25) is 0 Å². The predicted molar refractivity (Wildman–Crippen MR) is 67.4 cm³/mol. The highest BCUT2D eigenvalue weighted by Gasteiger charge is 2.03. The highest BCUT2D eigenvalue weighted by molar-refractivity contribution is 7.07. The van der Waals surface area contributed by atoms with E-state index in [-0.39, 0.29) is 6.04 Å². The van der Waals surface area contributed by atoms with Crippen molar-refractivity contribution in [2.24, 2.45) is 10.7 Å². The molecule has 0 aliphatic carbocycles. The van der Waals surface area contributed by atoms with Crippen molar-refractivity contribution in [3.63, 3.8) is 0 Å². The molecule has 84 valence electrons. The predicted octanol–water partition coefficient (Wildman–Crippen LogP) is 1.99. The fourth-order valence-corrected chi connectivity index (χ4v) is 2.05. The van der Waals surface area contributed by atoms with Crippen LogP contribution in [0.15, 0.2) is 21.8 Å². The van der Waals surface area contributed by atoms with Gasteiger partial charge in [-0.1, -0.05) is 0 Å². The van der Waals surface area contributed by atoms with Crippen molar-refractivity contribution in [2.75, 3.05) is 0 Å². The van der Waals surface area contributed by atoms with Crippen molar-refractivity contribution in [3.8, 4) is 0 Å². The maximum Gasteiger partial charge on any atom is 0.189 e. The van der Waals surface area contributed by atoms with E-state index in [1.54, 1.807) is 11.3 Å². The molecule has 0 saturated carbocycles. The molecule has 1 unspecified atom stereocenters. The monoisotopic (exact) mass is 225 g/mol. The van der Waals surface area contributed by atoms with Gasteiger partial charge in [-0.3, -0.25) is 4.99 Å². The summed E-state index contributed by atoms with van der Waals surface area (Å²) in [5, 5.41) is 7.32. The van der Waals surface area contributed by atoms with Crippen LogP contribution in [0.5, 0.6) is 0 Å². The van der Waals surface area contributed by atoms with Gasteiger partial charge in [0.15, 0.2) is 5.96 Å². The molecule has 4 heteroatoms. The van der Waals surface area contributed by atoms with E-state index in [0.717, 1.165) is 6.42 Å². The standard InChI is InChI=1S/C11H19N3S/c1-8(2)13-11(12)14-9(3)6-10-4-5-15-7-10/h4-5,7-9H,6H2,1-3H3,(H3,12,13,14). The highest BCUT2D eigenvalue weighted by Crippen LogP contribution is 2.09. The highest BCUT2D eigenvalue weighted by atomic mass is 32.1. The second-order valence-corrected chi connectivity index (χ2v) is 4.78. The summed E-state index contributed by atoms with van der Waals surface area (Å²) in [6, 6.07) is 2.69. The Kier molecular flexibility index (Phi) is 4.62. The van der Waals surface area contributed by atoms with Crippen molar-refractivity contribution >= 4 is 17.3 Å². The van der Waals surface area contributed by atoms with Gasteiger partial charge >= 0.3 is 0 Å². The van der Waals surface area contributed by atoms with Gasteiger partial charge in [-0.25, -0.2) is 0 Å². The van der Waals surface area contributed by atoms with Crippen LogP contribution in [-0.4, -0.2) is 18.0 Å². The molecule has 15 heavy (non-hydrogen) atoms. The van der Waals surface area contributed by atoms with E-state index >= 15 is 0 Å². The summed E-state index contributed by atoms with van der Waals surface area (Å²) in [6.07, 6.45) is 0.948. The van der Waals surface area contributed by atoms with Crippen LogP contribution in [0.25, 0.3) is 0 Å². The Morgan fingerprint density at radius 2 is 2.27 bits per heavy atom. The molecule has 1 atom stereocenters. The molecule has 1 rings (SSSR count). The van der Waals surface area contributed by atoms with Gasteiger partial charge in [0.05, 0.1) is 6.04 Å². The number of thiophene rings is 1. The van der Waals surface area contributed by atoms with Gasteiger partial charge < -0.3 is 11.1 Å². The van der Waals surface area contributed by atoms with Gasteiger partial charge in [0.1, 0.15) is 0 Å². The van der Waals surface area contributed by atoms with Gasteiger partial charge in [0, 0.05) is 6.04 Å². The number of hydrogen-bond acceptors (Lipinski definition) is 2. The molecule has 3 nitrogen and oxygen atoms in total. The van der Waals surface area contributed by atoms with Gasteiger partial charge in [0.25, 0.3) is 0 Å². The van der Waals surface area contributed by atoms with Crippen LogP contribution in [0.1, 0.15) is 26.3 Å². The molecular formula is C11H19N3S. The Hall–Kier alpha value is -1.03. The van der Waals surface area contributed by atoms with Gasteiger partial charge in [-0.2, -0.15) is 11.3 Å². The molecule has 1 aromatic heterocycles. The minimum absolute atomic E-state index is 0.228. The van der Waals surface area contributed by atoms with Crippen molar-refractivity contribution in [3.05, 3.63) is 22.4 Å². The summed E-state index contributed by atoms with van der Waals surface area (Å²) in [5.41, 5.74) is 7.07. The number of hydrogen-bond donors (Lipinski definition) is 2. The zero-order chi connectivity index (χ0) is 11.3. The first kappa shape index (κ1) is 12.0. The largest absolute Gasteiger partial charge is 0.370 e. The molecule has 1 heterocycles. The lowest BCUT2D eigenvalue weighted by atomic mass is 10.1. The Morgan fingerprint density at radius 1 is 1.53 bits per heavy atom. The maximum absolute atomic E-state index is 5.75. The number of guanidine groups is 1. The first-order chi connectivity index (χ1) is 7.08. The van der Waals surface area contributed by atoms with E-state index in [2.05, 4.69) is 34.1 Å². The van der Waals surface area contributed by atoms with Crippen LogP contribution in [0.4, 0.5) is 0 Å². The van der Waals surface area contributed by atoms with E-state index < -0.39 is 0 Å². The average molecular weight is 225 g/mol. The van der Waals surface area contributed by atoms with Crippen LogP contribution in [0.3, 0.4) is 0 Å². The third-order valence-corrected chi connectivity index (χ3v) is 2.64. The third kappa shape index (κ3) is 4.83. The number of nitrogens with two attached hydrogens (primary N) is 1. The lowest BCUT2D eigenvalue weighted by Crippen LogP contribution is -2.37. The molecule has 0 spiro atoms. The van der Waals surface area contributed by atoms with Crippen LogP contribution in [-0.2, 0) is 6.42 Å². The van der Waals surface area contributed by atoms with Crippen molar-refractivity contribution in [1.29, 1.82) is 0 Å². The number of nitrogens with one attached hydrogen (secondary N) is 1. The fraction of sp³-hybridized carbons (Fsp3) is 0.545. The third-order valence-electron chi connectivity index (χ3n) is 1.91. The molecule has 0 radical (unpaired) electrons. The molecule has 0 aliphatic heterocycles. The Balaban J connectivity index is 2.44. The summed E-state index contributed by atoms with van der Waals surface area (Å²) >= 11 is 1.72. The van der Waals surface area contributed by atoms with Crippen molar-refractivity contribution < 1.29 is 0 Å². The van der Waals surface area contributed by atoms with Crippen LogP contribution < -0.4 is 11.1 Å². The Morgan fingerprint density at radius 3 is 2.80 bits per heavy atom. The molecule has 3 N–H and O–H groups in total. The summed E-state index contributed by atoms with van der Waals surface area (Å²) in [5.74, 6) is 0.535. The smallest absolute Gasteiger partial charge is 0.189 e. The van der Waals surface area contributed by atoms with E-state index in [4.69, 9.17) is 5.73 Å². The van der Waals surface area contributed by atoms with Crippen molar-refractivity contribution in [2.45, 2.75) is 39.3 Å². The second kappa shape index (κ2) is 5.75. The number of aliphatic imine (C=N–C) groups is 1. The number of rotatable bonds is 4. The number of nitrogens with zero attached hydrogens (tertiary/aromatic N) is 1. The van der Waals surface area contributed by atoms with Crippen LogP contribution in [0.2, 0.25) is 0 Å². The normalized spacial score (nSPS) is 14.3. The van der Waals surface area contributed by atoms with Gasteiger partial charge in [-0.05, 0) is 49.6 Å². The summed E-state index contributed by atoms with van der Waals surface area (Å²) in [4.78, 5) is 4.38. The molecule has 0 aliphatic rings. The maximum atomic E-state index is 5.75. The summed E-state index contributed by atoms with van der Waals surface area (Å²) in [7, 11) is 0. The summed E-state index contributed by atoms with van der Waals surface area (Å²) < 4.78 is 0. The minimum Gasteiger partial charge on any atom is -0.370 e. The lowest BCUT2D eigenvalue weighted by Gasteiger charge is -2.11. The van der Waals surface area contributed by atoms with Crippen LogP contribution >= 0.6 is 11.3 Å². The van der Waals surface area contributed by atoms with Crippen molar-refractivity contribution in [1.82, 2.24) is 5.32 Å². The molecule has 0 fully saturated rings. The molecule has 0 amide bonds. The Labute approximate surface area is 95.4 Å². The average Bonchev–Trinajstić information content (AvgIpc) is 2.53. The minimum atomic E-state index is 0.228. The van der Waals surface area contributed by atoms with Crippen LogP contribution in [0, 0.1) is 0 Å². The molecule has 1 aromatic rings. The second-order valence-electron chi connectivity index (χ2n) is 4.00. The van der Waals surface area contributed by atoms with E-state index in [9.17, 15) is 0 Å². The first-order valence-electron chi connectivity index (χ1n) is 5.19. The SMILES string of the molecule is CC(Cc1ccsc1)N=C(N)NC(C)C. The topological polar surface area (TPSA) is 50.4 Å². The fourth-order valence-electron chi connectivity index (χ4n) is 1.37. The van der Waals surface area contributed by atoms with E-state index in [1.165, 1.54) is 5.56 Å².